The summed E-state index contributed by atoms with van der Waals surface area (Å²) in [7, 11) is 2.96. The number of aromatic hydroxyl groups is 1. The zero-order valence-corrected chi connectivity index (χ0v) is 24.3. The average molecular weight is 608 g/mol. The van der Waals surface area contributed by atoms with Crippen LogP contribution in [0.15, 0.2) is 77.8 Å². The van der Waals surface area contributed by atoms with Crippen LogP contribution in [0.1, 0.15) is 21.5 Å². The van der Waals surface area contributed by atoms with Gasteiger partial charge < -0.3 is 19.7 Å². The molecule has 5 rings (SSSR count). The molecular weight excluding hydrogens is 575 g/mol. The standard InChI is InChI=1S/C32H32F3N5O4/c1-38(27(41)19-39-14-16-40(17-15-39)20-32(33,34)35)24-11-9-23(10-12-24)36-29(21-6-4-3-5-7-21)28-25-13-8-22(31(43)44-2)18-26(25)37-30(28)42/h3-13,18,37,42H,14-17,19-20H2,1-2H3. The molecule has 9 nitrogen and oxygen atoms in total. The number of anilines is 1. The molecule has 1 aliphatic rings. The van der Waals surface area contributed by atoms with Crippen LogP contribution < -0.4 is 4.90 Å². The van der Waals surface area contributed by atoms with Crippen LogP contribution in [0, 0.1) is 0 Å². The van der Waals surface area contributed by atoms with E-state index in [0.717, 1.165) is 5.56 Å². The number of ether oxygens (including phenoxy) is 1. The molecule has 12 heteroatoms. The Morgan fingerprint density at radius 3 is 2.25 bits per heavy atom. The molecule has 1 aliphatic heterocycles. The maximum Gasteiger partial charge on any atom is 0.401 e. The van der Waals surface area contributed by atoms with Gasteiger partial charge in [0, 0.05) is 55.4 Å². The number of H-pyrrole nitrogens is 1. The molecule has 0 atom stereocenters. The van der Waals surface area contributed by atoms with Crippen molar-refractivity contribution in [3.63, 3.8) is 0 Å². The van der Waals surface area contributed by atoms with Gasteiger partial charge in [0.2, 0.25) is 5.91 Å². The number of halogens is 3. The normalized spacial score (nSPS) is 15.0. The van der Waals surface area contributed by atoms with Crippen LogP contribution in [0.4, 0.5) is 24.5 Å². The lowest BCUT2D eigenvalue weighted by molar-refractivity contribution is -0.149. The van der Waals surface area contributed by atoms with Gasteiger partial charge in [0.25, 0.3) is 0 Å². The fourth-order valence-corrected chi connectivity index (χ4v) is 5.21. The van der Waals surface area contributed by atoms with Gasteiger partial charge in [0.15, 0.2) is 5.88 Å². The summed E-state index contributed by atoms with van der Waals surface area (Å²) in [6, 6.07) is 21.4. The number of aromatic nitrogens is 1. The van der Waals surface area contributed by atoms with Crippen molar-refractivity contribution in [1.82, 2.24) is 14.8 Å². The smallest absolute Gasteiger partial charge is 0.401 e. The Labute approximate surface area is 252 Å². The Balaban J connectivity index is 1.35. The molecule has 2 N–H and O–H groups in total. The Bertz CT molecular complexity index is 1660. The zero-order chi connectivity index (χ0) is 31.4. The molecule has 0 aliphatic carbocycles. The monoisotopic (exact) mass is 607 g/mol. The van der Waals surface area contributed by atoms with Gasteiger partial charge in [0.05, 0.1) is 42.7 Å². The van der Waals surface area contributed by atoms with Gasteiger partial charge in [-0.1, -0.05) is 36.4 Å². The van der Waals surface area contributed by atoms with Crippen molar-refractivity contribution < 1.29 is 32.6 Å². The third-order valence-corrected chi connectivity index (χ3v) is 7.56. The number of piperazine rings is 1. The van der Waals surface area contributed by atoms with E-state index in [4.69, 9.17) is 9.73 Å². The van der Waals surface area contributed by atoms with E-state index in [9.17, 15) is 27.9 Å². The number of likely N-dealkylation sites (N-methyl/N-ethyl adjacent to an activating group) is 1. The first kappa shape index (κ1) is 30.8. The highest BCUT2D eigenvalue weighted by atomic mass is 19.4. The van der Waals surface area contributed by atoms with E-state index in [1.54, 1.807) is 49.5 Å². The Hall–Kier alpha value is -4.68. The molecule has 1 fully saturated rings. The number of amides is 1. The highest BCUT2D eigenvalue weighted by Gasteiger charge is 2.32. The van der Waals surface area contributed by atoms with Crippen molar-refractivity contribution in [2.75, 3.05) is 58.3 Å². The number of fused-ring (bicyclic) bond motifs is 1. The number of carbonyl (C=O) groups excluding carboxylic acids is 2. The van der Waals surface area contributed by atoms with E-state index < -0.39 is 18.7 Å². The van der Waals surface area contributed by atoms with Crippen LogP contribution in [0.5, 0.6) is 5.88 Å². The largest absolute Gasteiger partial charge is 0.494 e. The molecule has 44 heavy (non-hydrogen) atoms. The van der Waals surface area contributed by atoms with E-state index in [-0.39, 0.29) is 31.4 Å². The zero-order valence-electron chi connectivity index (χ0n) is 24.3. The number of alkyl halides is 3. The SMILES string of the molecule is COC(=O)c1ccc2c(C(=Nc3ccc(N(C)C(=O)CN4CCN(CC(F)(F)F)CC4)cc3)c3ccccc3)c(O)[nH]c2c1. The van der Waals surface area contributed by atoms with E-state index in [2.05, 4.69) is 4.98 Å². The molecule has 3 aromatic carbocycles. The quantitative estimate of drug-likeness (QED) is 0.217. The molecule has 1 saturated heterocycles. The van der Waals surface area contributed by atoms with Crippen molar-refractivity contribution in [3.8, 4) is 5.88 Å². The average Bonchev–Trinajstić information content (AvgIpc) is 3.34. The minimum Gasteiger partial charge on any atom is -0.494 e. The van der Waals surface area contributed by atoms with Crippen molar-refractivity contribution in [2.45, 2.75) is 6.18 Å². The number of hydrogen-bond donors (Lipinski definition) is 2. The minimum absolute atomic E-state index is 0.103. The molecule has 1 amide bonds. The first-order valence-corrected chi connectivity index (χ1v) is 14.0. The van der Waals surface area contributed by atoms with E-state index in [1.165, 1.54) is 16.9 Å². The number of aliphatic imine (C=N–C) groups is 1. The Morgan fingerprint density at radius 1 is 0.955 bits per heavy atom. The minimum atomic E-state index is -4.23. The highest BCUT2D eigenvalue weighted by Crippen LogP contribution is 2.32. The summed E-state index contributed by atoms with van der Waals surface area (Å²) >= 11 is 0. The van der Waals surface area contributed by atoms with Crippen LogP contribution in [0.2, 0.25) is 0 Å². The second kappa shape index (κ2) is 12.9. The van der Waals surface area contributed by atoms with Crippen LogP contribution in [-0.4, -0.2) is 97.1 Å². The lowest BCUT2D eigenvalue weighted by Crippen LogP contribution is -2.51. The van der Waals surface area contributed by atoms with Crippen molar-refractivity contribution in [1.29, 1.82) is 0 Å². The van der Waals surface area contributed by atoms with Gasteiger partial charge in [0.1, 0.15) is 0 Å². The summed E-state index contributed by atoms with van der Waals surface area (Å²) in [5.41, 5.74) is 3.82. The number of nitrogens with zero attached hydrogens (tertiary/aromatic N) is 4. The third-order valence-electron chi connectivity index (χ3n) is 7.56. The van der Waals surface area contributed by atoms with Crippen molar-refractivity contribution in [2.24, 2.45) is 4.99 Å². The molecule has 0 spiro atoms. The molecule has 4 aromatic rings. The summed E-state index contributed by atoms with van der Waals surface area (Å²) in [6.45, 7) is 0.445. The van der Waals surface area contributed by atoms with Gasteiger partial charge >= 0.3 is 12.1 Å². The summed E-state index contributed by atoms with van der Waals surface area (Å²) in [4.78, 5) is 37.5. The molecule has 1 aromatic heterocycles. The second-order valence-corrected chi connectivity index (χ2v) is 10.6. The fraction of sp³-hybridized carbons (Fsp3) is 0.281. The number of rotatable bonds is 8. The predicted octanol–water partition coefficient (Wildman–Crippen LogP) is 4.97. The Kier molecular flexibility index (Phi) is 9.02. The summed E-state index contributed by atoms with van der Waals surface area (Å²) in [6.07, 6.45) is -4.23. The maximum absolute atomic E-state index is 13.0. The van der Waals surface area contributed by atoms with Gasteiger partial charge in [-0.2, -0.15) is 13.2 Å². The highest BCUT2D eigenvalue weighted by molar-refractivity contribution is 6.22. The number of hydrogen-bond acceptors (Lipinski definition) is 7. The maximum atomic E-state index is 13.0. The summed E-state index contributed by atoms with van der Waals surface area (Å²) < 4.78 is 42.8. The van der Waals surface area contributed by atoms with Crippen LogP contribution >= 0.6 is 0 Å². The molecule has 0 radical (unpaired) electrons. The number of methoxy groups -OCH3 is 1. The molecule has 0 bridgehead atoms. The van der Waals surface area contributed by atoms with E-state index >= 15 is 0 Å². The summed E-state index contributed by atoms with van der Waals surface area (Å²) in [5, 5.41) is 11.6. The molecule has 0 unspecified atom stereocenters. The van der Waals surface area contributed by atoms with E-state index in [0.29, 0.717) is 52.2 Å². The fourth-order valence-electron chi connectivity index (χ4n) is 5.21. The predicted molar refractivity (Wildman–Crippen MR) is 162 cm³/mol. The van der Waals surface area contributed by atoms with Gasteiger partial charge in [-0.25, -0.2) is 9.79 Å². The van der Waals surface area contributed by atoms with Crippen LogP contribution in [-0.2, 0) is 9.53 Å². The van der Waals surface area contributed by atoms with Gasteiger partial charge in [-0.15, -0.1) is 0 Å². The first-order chi connectivity index (χ1) is 21.0. The molecule has 0 saturated carbocycles. The Morgan fingerprint density at radius 2 is 1.61 bits per heavy atom. The number of carbonyl (C=O) groups is 2. The lowest BCUT2D eigenvalue weighted by atomic mass is 10.00. The van der Waals surface area contributed by atoms with Crippen molar-refractivity contribution in [3.05, 3.63) is 89.5 Å². The first-order valence-electron chi connectivity index (χ1n) is 14.0. The van der Waals surface area contributed by atoms with Crippen LogP contribution in [0.3, 0.4) is 0 Å². The number of benzene rings is 3. The number of esters is 1. The number of nitrogens with one attached hydrogen (secondary N) is 1. The molecule has 2 heterocycles. The number of aromatic amines is 1. The molecule has 230 valence electrons. The van der Waals surface area contributed by atoms with Crippen LogP contribution in [0.25, 0.3) is 10.9 Å². The lowest BCUT2D eigenvalue weighted by Gasteiger charge is -2.35. The topological polar surface area (TPSA) is 101 Å². The van der Waals surface area contributed by atoms with Crippen molar-refractivity contribution >= 4 is 39.9 Å². The van der Waals surface area contributed by atoms with E-state index in [1.807, 2.05) is 35.2 Å². The second-order valence-electron chi connectivity index (χ2n) is 10.6. The summed E-state index contributed by atoms with van der Waals surface area (Å²) in [5.74, 6) is -0.775. The molecular formula is C32H32F3N5O4. The third kappa shape index (κ3) is 7.09. The van der Waals surface area contributed by atoms with Gasteiger partial charge in [-0.3, -0.25) is 14.6 Å². The van der Waals surface area contributed by atoms with Gasteiger partial charge in [-0.05, 0) is 36.4 Å².